The van der Waals surface area contributed by atoms with Crippen molar-refractivity contribution >= 4 is 11.4 Å². The van der Waals surface area contributed by atoms with Gasteiger partial charge < -0.3 is 14.5 Å². The summed E-state index contributed by atoms with van der Waals surface area (Å²) >= 11 is 0. The Balaban J connectivity index is 1.97. The van der Waals surface area contributed by atoms with Crippen LogP contribution in [0.5, 0.6) is 5.75 Å². The maximum Gasteiger partial charge on any atom is 0.123 e. The highest BCUT2D eigenvalue weighted by atomic mass is 16.5. The van der Waals surface area contributed by atoms with Crippen LogP contribution in [0, 0.1) is 31.6 Å². The molecule has 0 aromatic heterocycles. The Bertz CT molecular complexity index is 1290. The fourth-order valence-electron chi connectivity index (χ4n) is 7.11. The molecule has 0 spiro atoms. The Morgan fingerprint density at radius 1 is 0.629 bits per heavy atom. The molecule has 0 unspecified atom stereocenters. The van der Waals surface area contributed by atoms with Crippen LogP contribution >= 0.6 is 0 Å². The van der Waals surface area contributed by atoms with Gasteiger partial charge >= 0.3 is 0 Å². The van der Waals surface area contributed by atoms with E-state index in [0.29, 0.717) is 0 Å². The van der Waals surface area contributed by atoms with Gasteiger partial charge in [0.2, 0.25) is 0 Å². The third-order valence-corrected chi connectivity index (χ3v) is 10.9. The molecule has 0 bridgehead atoms. The molecule has 3 heterocycles. The Labute approximate surface area is 213 Å². The molecular formula is C32H44N2O. The molecule has 3 aliphatic heterocycles. The van der Waals surface area contributed by atoms with Gasteiger partial charge in [-0.05, 0) is 56.0 Å². The van der Waals surface area contributed by atoms with Crippen molar-refractivity contribution in [2.24, 2.45) is 10.8 Å². The second-order valence-corrected chi connectivity index (χ2v) is 13.3. The molecule has 3 aliphatic rings. The SMILES string of the molecule is COc1ccc2c(c1C)N1C(=C3N(c4c(ccc(C)c4C)C(C)(C)C3(C)C)[C@@H]1C)C(C)(C)C2(C)C. The lowest BCUT2D eigenvalue weighted by Crippen LogP contribution is -2.51. The molecule has 0 N–H and O–H groups in total. The molecule has 0 fully saturated rings. The third kappa shape index (κ3) is 2.58. The fraction of sp³-hybridized carbons (Fsp3) is 0.562. The second kappa shape index (κ2) is 6.87. The lowest BCUT2D eigenvalue weighted by Gasteiger charge is -2.55. The highest BCUT2D eigenvalue weighted by molar-refractivity contribution is 5.82. The van der Waals surface area contributed by atoms with Crippen molar-refractivity contribution in [3.05, 3.63) is 63.5 Å². The van der Waals surface area contributed by atoms with E-state index in [-0.39, 0.29) is 27.8 Å². The molecule has 35 heavy (non-hydrogen) atoms. The van der Waals surface area contributed by atoms with Crippen molar-refractivity contribution in [2.75, 3.05) is 16.9 Å². The first kappa shape index (κ1) is 24.3. The quantitative estimate of drug-likeness (QED) is 0.416. The maximum atomic E-state index is 5.84. The molecule has 1 atom stereocenters. The van der Waals surface area contributed by atoms with Crippen LogP contribution in [-0.4, -0.2) is 13.3 Å². The number of methoxy groups -OCH3 is 1. The van der Waals surface area contributed by atoms with Crippen LogP contribution in [0.15, 0.2) is 35.7 Å². The number of nitrogens with zero attached hydrogens (tertiary/aromatic N) is 2. The average molecular weight is 473 g/mol. The highest BCUT2D eigenvalue weighted by Gasteiger charge is 2.62. The molecule has 0 saturated carbocycles. The number of anilines is 2. The zero-order chi connectivity index (χ0) is 26.0. The summed E-state index contributed by atoms with van der Waals surface area (Å²) in [6.07, 6.45) is 0.176. The molecule has 2 aromatic rings. The molecule has 3 nitrogen and oxygen atoms in total. The van der Waals surface area contributed by atoms with Crippen molar-refractivity contribution in [3.63, 3.8) is 0 Å². The smallest absolute Gasteiger partial charge is 0.123 e. The minimum absolute atomic E-state index is 0.0146. The van der Waals surface area contributed by atoms with Gasteiger partial charge in [0.05, 0.1) is 12.8 Å². The first-order valence-corrected chi connectivity index (χ1v) is 13.2. The van der Waals surface area contributed by atoms with Crippen molar-refractivity contribution in [1.82, 2.24) is 0 Å². The Kier molecular flexibility index (Phi) is 4.76. The molecule has 188 valence electrons. The van der Waals surface area contributed by atoms with Gasteiger partial charge in [-0.15, -0.1) is 0 Å². The summed E-state index contributed by atoms with van der Waals surface area (Å²) in [5.74, 6) is 0.965. The van der Waals surface area contributed by atoms with Gasteiger partial charge in [0.15, 0.2) is 0 Å². The lowest BCUT2D eigenvalue weighted by molar-refractivity contribution is 0.207. The number of allylic oxidation sites excluding steroid dienone is 2. The predicted molar refractivity (Wildman–Crippen MR) is 149 cm³/mol. The molecule has 0 saturated heterocycles. The largest absolute Gasteiger partial charge is 0.496 e. The molecular weight excluding hydrogens is 428 g/mol. The fourth-order valence-corrected chi connectivity index (χ4v) is 7.11. The van der Waals surface area contributed by atoms with E-state index in [9.17, 15) is 0 Å². The van der Waals surface area contributed by atoms with Crippen LogP contribution in [0.2, 0.25) is 0 Å². The van der Waals surface area contributed by atoms with Gasteiger partial charge in [-0.1, -0.05) is 73.6 Å². The zero-order valence-corrected chi connectivity index (χ0v) is 24.2. The number of hydrogen-bond acceptors (Lipinski definition) is 3. The van der Waals surface area contributed by atoms with E-state index in [4.69, 9.17) is 4.74 Å². The first-order valence-electron chi connectivity index (χ1n) is 13.2. The highest BCUT2D eigenvalue weighted by Crippen LogP contribution is 2.67. The Hall–Kier alpha value is -2.42. The summed E-state index contributed by atoms with van der Waals surface area (Å²) in [5, 5.41) is 0. The minimum Gasteiger partial charge on any atom is -0.496 e. The van der Waals surface area contributed by atoms with Gasteiger partial charge in [0, 0.05) is 44.3 Å². The topological polar surface area (TPSA) is 15.7 Å². The van der Waals surface area contributed by atoms with Crippen LogP contribution in [0.3, 0.4) is 0 Å². The van der Waals surface area contributed by atoms with Crippen molar-refractivity contribution in [3.8, 4) is 5.75 Å². The van der Waals surface area contributed by atoms with Crippen LogP contribution in [0.1, 0.15) is 90.1 Å². The average Bonchev–Trinajstić information content (AvgIpc) is 3.07. The van der Waals surface area contributed by atoms with Gasteiger partial charge in [-0.25, -0.2) is 0 Å². The number of rotatable bonds is 1. The maximum absolute atomic E-state index is 5.84. The van der Waals surface area contributed by atoms with Gasteiger partial charge in [0.25, 0.3) is 0 Å². The summed E-state index contributed by atoms with van der Waals surface area (Å²) in [5.41, 5.74) is 12.4. The molecule has 5 rings (SSSR count). The number of aryl methyl sites for hydroxylation is 1. The number of benzene rings is 2. The van der Waals surface area contributed by atoms with Crippen LogP contribution < -0.4 is 14.5 Å². The van der Waals surface area contributed by atoms with E-state index in [1.807, 2.05) is 0 Å². The normalized spacial score (nSPS) is 24.5. The van der Waals surface area contributed by atoms with Crippen LogP contribution in [-0.2, 0) is 10.8 Å². The van der Waals surface area contributed by atoms with E-state index in [2.05, 4.69) is 117 Å². The number of ether oxygens (including phenoxy) is 1. The summed E-state index contributed by atoms with van der Waals surface area (Å²) in [6.45, 7) is 28.8. The molecule has 2 aromatic carbocycles. The molecule has 0 aliphatic carbocycles. The van der Waals surface area contributed by atoms with E-state index < -0.39 is 0 Å². The van der Waals surface area contributed by atoms with E-state index >= 15 is 0 Å². The summed E-state index contributed by atoms with van der Waals surface area (Å²) < 4.78 is 5.84. The predicted octanol–water partition coefficient (Wildman–Crippen LogP) is 8.14. The van der Waals surface area contributed by atoms with E-state index in [1.165, 1.54) is 50.6 Å². The van der Waals surface area contributed by atoms with Gasteiger partial charge in [0.1, 0.15) is 11.9 Å². The summed E-state index contributed by atoms with van der Waals surface area (Å²) in [4.78, 5) is 5.37. The number of hydrogen-bond donors (Lipinski definition) is 0. The third-order valence-electron chi connectivity index (χ3n) is 10.9. The summed E-state index contributed by atoms with van der Waals surface area (Å²) in [6, 6.07) is 9.18. The number of fused-ring (bicyclic) bond motifs is 6. The Morgan fingerprint density at radius 2 is 1.06 bits per heavy atom. The summed E-state index contributed by atoms with van der Waals surface area (Å²) in [7, 11) is 1.79. The first-order chi connectivity index (χ1) is 16.0. The zero-order valence-electron chi connectivity index (χ0n) is 24.2. The lowest BCUT2D eigenvalue weighted by atomic mass is 9.55. The van der Waals surface area contributed by atoms with Crippen LogP contribution in [0.25, 0.3) is 0 Å². The molecule has 3 heteroatoms. The van der Waals surface area contributed by atoms with E-state index in [0.717, 1.165) is 5.75 Å². The monoisotopic (exact) mass is 472 g/mol. The van der Waals surface area contributed by atoms with Crippen molar-refractivity contribution in [1.29, 1.82) is 0 Å². The van der Waals surface area contributed by atoms with Gasteiger partial charge in [-0.2, -0.15) is 0 Å². The Morgan fingerprint density at radius 3 is 1.51 bits per heavy atom. The van der Waals surface area contributed by atoms with Crippen molar-refractivity contribution < 1.29 is 4.74 Å². The minimum atomic E-state index is -0.0675. The molecule has 0 radical (unpaired) electrons. The second-order valence-electron chi connectivity index (χ2n) is 13.3. The molecule has 0 amide bonds. The van der Waals surface area contributed by atoms with Crippen molar-refractivity contribution in [2.45, 2.75) is 100 Å². The van der Waals surface area contributed by atoms with Crippen LogP contribution in [0.4, 0.5) is 11.4 Å². The van der Waals surface area contributed by atoms with E-state index in [1.54, 1.807) is 7.11 Å². The standard InChI is InChI=1S/C32H44N2O/c1-18-14-15-22-25(19(18)2)33-21(4)34-26-20(3)24(35-13)17-16-23(26)30(7,8)32(11,12)28(34)27(33)31(9,10)29(22,5)6/h14-17,21H,1-13H3/t21-/m0/s1. The van der Waals surface area contributed by atoms with Gasteiger partial charge in [-0.3, -0.25) is 0 Å².